The van der Waals surface area contributed by atoms with Gasteiger partial charge in [-0.1, -0.05) is 66.7 Å². The first kappa shape index (κ1) is 16.2. The maximum absolute atomic E-state index is 13.1. The summed E-state index contributed by atoms with van der Waals surface area (Å²) in [4.78, 5) is 13.1. The van der Waals surface area contributed by atoms with Crippen molar-refractivity contribution < 1.29 is 9.15 Å². The lowest BCUT2D eigenvalue weighted by Gasteiger charge is -2.12. The van der Waals surface area contributed by atoms with Crippen LogP contribution >= 0.6 is 0 Å². The van der Waals surface area contributed by atoms with Crippen molar-refractivity contribution in [2.24, 2.45) is 0 Å². The molecule has 1 aromatic heterocycles. The van der Waals surface area contributed by atoms with Crippen LogP contribution in [0.1, 0.15) is 11.1 Å². The van der Waals surface area contributed by atoms with Gasteiger partial charge in [0, 0.05) is 5.56 Å². The molecule has 3 aromatic carbocycles. The zero-order chi connectivity index (χ0) is 17.9. The fourth-order valence-corrected chi connectivity index (χ4v) is 2.92. The van der Waals surface area contributed by atoms with E-state index in [1.54, 1.807) is 6.07 Å². The molecule has 3 nitrogen and oxygen atoms in total. The molecule has 128 valence electrons. The van der Waals surface area contributed by atoms with Crippen molar-refractivity contribution in [3.8, 4) is 17.1 Å². The molecule has 0 saturated carbocycles. The summed E-state index contributed by atoms with van der Waals surface area (Å²) in [6.07, 6.45) is 0. The number of rotatable bonds is 4. The van der Waals surface area contributed by atoms with E-state index in [-0.39, 0.29) is 11.2 Å². The number of benzene rings is 3. The third-order valence-electron chi connectivity index (χ3n) is 4.27. The minimum absolute atomic E-state index is 0.152. The number of hydrogen-bond donors (Lipinski definition) is 0. The highest BCUT2D eigenvalue weighted by Crippen LogP contribution is 2.31. The van der Waals surface area contributed by atoms with Crippen LogP contribution in [0.2, 0.25) is 0 Å². The largest absolute Gasteiger partial charge is 0.481 e. The predicted molar refractivity (Wildman–Crippen MR) is 103 cm³/mol. The lowest BCUT2D eigenvalue weighted by atomic mass is 10.1. The van der Waals surface area contributed by atoms with Crippen molar-refractivity contribution in [1.29, 1.82) is 0 Å². The fraction of sp³-hybridized carbons (Fsp3) is 0.0870. The molecule has 0 radical (unpaired) electrons. The molecule has 0 spiro atoms. The Hall–Kier alpha value is -3.33. The van der Waals surface area contributed by atoms with E-state index < -0.39 is 0 Å². The van der Waals surface area contributed by atoms with Gasteiger partial charge in [0.25, 0.3) is 0 Å². The van der Waals surface area contributed by atoms with Crippen molar-refractivity contribution in [2.45, 2.75) is 13.5 Å². The van der Waals surface area contributed by atoms with Gasteiger partial charge < -0.3 is 9.15 Å². The van der Waals surface area contributed by atoms with Crippen LogP contribution in [0, 0.1) is 6.92 Å². The highest BCUT2D eigenvalue weighted by atomic mass is 16.5. The van der Waals surface area contributed by atoms with Crippen LogP contribution in [0.4, 0.5) is 0 Å². The average molecular weight is 342 g/mol. The Morgan fingerprint density at radius 3 is 2.31 bits per heavy atom. The number of ether oxygens (including phenoxy) is 1. The molecule has 1 heterocycles. The SMILES string of the molecule is Cc1ccc2c(=O)c(OCc3ccccc3)c(-c3ccccc3)oc2c1. The van der Waals surface area contributed by atoms with E-state index in [2.05, 4.69) is 0 Å². The topological polar surface area (TPSA) is 39.4 Å². The molecule has 4 rings (SSSR count). The minimum Gasteiger partial charge on any atom is -0.481 e. The Morgan fingerprint density at radius 2 is 1.58 bits per heavy atom. The van der Waals surface area contributed by atoms with E-state index in [0.29, 0.717) is 23.3 Å². The molecule has 0 aliphatic rings. The van der Waals surface area contributed by atoms with Crippen LogP contribution in [-0.4, -0.2) is 0 Å². The lowest BCUT2D eigenvalue weighted by molar-refractivity contribution is 0.298. The third kappa shape index (κ3) is 3.11. The monoisotopic (exact) mass is 342 g/mol. The van der Waals surface area contributed by atoms with E-state index in [1.165, 1.54) is 0 Å². The zero-order valence-electron chi connectivity index (χ0n) is 14.4. The Kier molecular flexibility index (Phi) is 4.28. The highest BCUT2D eigenvalue weighted by Gasteiger charge is 2.17. The Morgan fingerprint density at radius 1 is 0.885 bits per heavy atom. The van der Waals surface area contributed by atoms with Crippen molar-refractivity contribution in [2.75, 3.05) is 0 Å². The summed E-state index contributed by atoms with van der Waals surface area (Å²) in [6, 6.07) is 24.9. The van der Waals surface area contributed by atoms with Gasteiger partial charge in [-0.15, -0.1) is 0 Å². The van der Waals surface area contributed by atoms with Gasteiger partial charge in [-0.2, -0.15) is 0 Å². The van der Waals surface area contributed by atoms with E-state index in [0.717, 1.165) is 16.7 Å². The molecule has 0 saturated heterocycles. The molecule has 26 heavy (non-hydrogen) atoms. The molecule has 3 heteroatoms. The second-order valence-electron chi connectivity index (χ2n) is 6.23. The molecule has 0 aliphatic carbocycles. The van der Waals surface area contributed by atoms with Gasteiger partial charge in [-0.05, 0) is 30.2 Å². The first-order chi connectivity index (χ1) is 12.7. The van der Waals surface area contributed by atoms with Gasteiger partial charge in [0.15, 0.2) is 5.76 Å². The normalized spacial score (nSPS) is 10.8. The summed E-state index contributed by atoms with van der Waals surface area (Å²) in [7, 11) is 0. The first-order valence-electron chi connectivity index (χ1n) is 8.52. The molecule has 4 aromatic rings. The van der Waals surface area contributed by atoms with Crippen LogP contribution in [-0.2, 0) is 6.61 Å². The van der Waals surface area contributed by atoms with Gasteiger partial charge in [-0.3, -0.25) is 4.79 Å². The van der Waals surface area contributed by atoms with Crippen LogP contribution in [0.5, 0.6) is 5.75 Å². The Bertz CT molecular complexity index is 1100. The maximum atomic E-state index is 13.1. The highest BCUT2D eigenvalue weighted by molar-refractivity contribution is 5.82. The summed E-state index contributed by atoms with van der Waals surface area (Å²) >= 11 is 0. The van der Waals surface area contributed by atoms with Gasteiger partial charge in [-0.25, -0.2) is 0 Å². The summed E-state index contributed by atoms with van der Waals surface area (Å²) < 4.78 is 12.0. The molecule has 0 N–H and O–H groups in total. The lowest BCUT2D eigenvalue weighted by Crippen LogP contribution is -2.10. The molecule has 0 bridgehead atoms. The van der Waals surface area contributed by atoms with Crippen LogP contribution in [0.3, 0.4) is 0 Å². The molecule has 0 unspecified atom stereocenters. The Labute approximate surface area is 151 Å². The van der Waals surface area contributed by atoms with Gasteiger partial charge in [0.05, 0.1) is 5.39 Å². The van der Waals surface area contributed by atoms with E-state index in [9.17, 15) is 4.79 Å². The average Bonchev–Trinajstić information content (AvgIpc) is 2.68. The fourth-order valence-electron chi connectivity index (χ4n) is 2.92. The number of hydrogen-bond acceptors (Lipinski definition) is 3. The number of aryl methyl sites for hydroxylation is 1. The van der Waals surface area contributed by atoms with E-state index in [4.69, 9.17) is 9.15 Å². The van der Waals surface area contributed by atoms with Crippen molar-refractivity contribution in [3.63, 3.8) is 0 Å². The Balaban J connectivity index is 1.87. The number of fused-ring (bicyclic) bond motifs is 1. The van der Waals surface area contributed by atoms with Crippen molar-refractivity contribution in [3.05, 3.63) is 100 Å². The first-order valence-corrected chi connectivity index (χ1v) is 8.52. The van der Waals surface area contributed by atoms with Gasteiger partial charge >= 0.3 is 0 Å². The van der Waals surface area contributed by atoms with E-state index in [1.807, 2.05) is 79.7 Å². The van der Waals surface area contributed by atoms with Crippen LogP contribution < -0.4 is 10.2 Å². The summed E-state index contributed by atoms with van der Waals surface area (Å²) in [5.41, 5.74) is 3.27. The third-order valence-corrected chi connectivity index (χ3v) is 4.27. The zero-order valence-corrected chi connectivity index (χ0v) is 14.4. The molecular formula is C23H18O3. The van der Waals surface area contributed by atoms with Crippen LogP contribution in [0.15, 0.2) is 88.1 Å². The smallest absolute Gasteiger partial charge is 0.235 e. The summed E-state index contributed by atoms with van der Waals surface area (Å²) in [5, 5.41) is 0.526. The van der Waals surface area contributed by atoms with Crippen molar-refractivity contribution >= 4 is 11.0 Å². The summed E-state index contributed by atoms with van der Waals surface area (Å²) in [6.45, 7) is 2.28. The van der Waals surface area contributed by atoms with Gasteiger partial charge in [0.2, 0.25) is 11.2 Å². The summed E-state index contributed by atoms with van der Waals surface area (Å²) in [5.74, 6) is 0.709. The molecule has 0 amide bonds. The van der Waals surface area contributed by atoms with Crippen molar-refractivity contribution in [1.82, 2.24) is 0 Å². The second kappa shape index (κ2) is 6.89. The molecular weight excluding hydrogens is 324 g/mol. The van der Waals surface area contributed by atoms with E-state index >= 15 is 0 Å². The maximum Gasteiger partial charge on any atom is 0.235 e. The standard InChI is InChI=1S/C23H18O3/c1-16-12-13-19-20(14-16)26-22(18-10-6-3-7-11-18)23(21(19)24)25-15-17-8-4-2-5-9-17/h2-14H,15H2,1H3. The second-order valence-corrected chi connectivity index (χ2v) is 6.23. The van der Waals surface area contributed by atoms with Crippen LogP contribution in [0.25, 0.3) is 22.3 Å². The molecule has 0 atom stereocenters. The van der Waals surface area contributed by atoms with Gasteiger partial charge in [0.1, 0.15) is 12.2 Å². The minimum atomic E-state index is -0.152. The molecule has 0 fully saturated rings. The predicted octanol–water partition coefficient (Wildman–Crippen LogP) is 5.35. The molecule has 0 aliphatic heterocycles. The quantitative estimate of drug-likeness (QED) is 0.502.